The molecule has 2 fully saturated rings. The maximum atomic E-state index is 9.88. The van der Waals surface area contributed by atoms with Gasteiger partial charge in [-0.05, 0) is 67.6 Å². The van der Waals surface area contributed by atoms with Crippen molar-refractivity contribution in [1.82, 2.24) is 0 Å². The number of aliphatic hydroxyl groups excluding tert-OH is 1. The second-order valence-electron chi connectivity index (χ2n) is 6.50. The van der Waals surface area contributed by atoms with Crippen LogP contribution in [0.2, 0.25) is 10.0 Å². The van der Waals surface area contributed by atoms with Gasteiger partial charge in [-0.15, -0.1) is 0 Å². The highest BCUT2D eigenvalue weighted by atomic mass is 35.5. The minimum absolute atomic E-state index is 0.118. The van der Waals surface area contributed by atoms with E-state index in [4.69, 9.17) is 23.2 Å². The molecule has 0 bridgehead atoms. The maximum absolute atomic E-state index is 9.88. The molecule has 0 amide bonds. The van der Waals surface area contributed by atoms with E-state index < -0.39 is 0 Å². The molecule has 1 aromatic rings. The molecule has 2 saturated carbocycles. The molecule has 0 spiro atoms. The molecule has 3 rings (SSSR count). The molecule has 2 aliphatic rings. The van der Waals surface area contributed by atoms with Crippen LogP contribution in [0.5, 0.6) is 0 Å². The minimum Gasteiger partial charge on any atom is -0.393 e. The first-order valence-electron chi connectivity index (χ1n) is 7.75. The number of hydrogen-bond acceptors (Lipinski definition) is 1. The van der Waals surface area contributed by atoms with E-state index in [2.05, 4.69) is 12.1 Å². The summed E-state index contributed by atoms with van der Waals surface area (Å²) in [5.41, 5.74) is 1.55. The molecule has 1 N–H and O–H groups in total. The lowest BCUT2D eigenvalue weighted by atomic mass is 9.61. The molecule has 2 aliphatic carbocycles. The Hall–Kier alpha value is -0.240. The van der Waals surface area contributed by atoms with Crippen LogP contribution in [0.1, 0.15) is 56.9 Å². The summed E-state index contributed by atoms with van der Waals surface area (Å²) in [6, 6.07) is 6.16. The first kappa shape index (κ1) is 14.7. The molecular formula is C17H22Cl2O. The van der Waals surface area contributed by atoms with Gasteiger partial charge < -0.3 is 5.11 Å². The molecule has 1 nitrogen and oxygen atoms in total. The Morgan fingerprint density at radius 3 is 2.20 bits per heavy atom. The first-order chi connectivity index (χ1) is 9.62. The van der Waals surface area contributed by atoms with E-state index in [0.717, 1.165) is 31.6 Å². The topological polar surface area (TPSA) is 20.2 Å². The molecule has 0 saturated heterocycles. The summed E-state index contributed by atoms with van der Waals surface area (Å²) in [5.74, 6) is 0.743. The summed E-state index contributed by atoms with van der Waals surface area (Å²) in [7, 11) is 0. The van der Waals surface area contributed by atoms with Crippen molar-refractivity contribution in [3.05, 3.63) is 33.8 Å². The van der Waals surface area contributed by atoms with Crippen LogP contribution in [0, 0.1) is 5.92 Å². The van der Waals surface area contributed by atoms with Gasteiger partial charge in [-0.3, -0.25) is 0 Å². The van der Waals surface area contributed by atoms with Gasteiger partial charge in [0.15, 0.2) is 0 Å². The van der Waals surface area contributed by atoms with Crippen LogP contribution >= 0.6 is 23.2 Å². The largest absolute Gasteiger partial charge is 0.393 e. The van der Waals surface area contributed by atoms with E-state index in [-0.39, 0.29) is 11.5 Å². The molecule has 0 aliphatic heterocycles. The van der Waals surface area contributed by atoms with Crippen LogP contribution in [-0.4, -0.2) is 11.2 Å². The lowest BCUT2D eigenvalue weighted by Gasteiger charge is -2.44. The lowest BCUT2D eigenvalue weighted by Crippen LogP contribution is -2.39. The maximum Gasteiger partial charge on any atom is 0.0595 e. The van der Waals surface area contributed by atoms with E-state index >= 15 is 0 Å². The van der Waals surface area contributed by atoms with Crippen molar-refractivity contribution in [2.24, 2.45) is 5.92 Å². The fraction of sp³-hybridized carbons (Fsp3) is 0.647. The number of benzene rings is 1. The zero-order valence-corrected chi connectivity index (χ0v) is 13.3. The van der Waals surface area contributed by atoms with Crippen LogP contribution in [0.25, 0.3) is 0 Å². The lowest BCUT2D eigenvalue weighted by molar-refractivity contribution is 0.0718. The van der Waals surface area contributed by atoms with Crippen molar-refractivity contribution >= 4 is 23.2 Å². The number of aliphatic hydroxyl groups is 1. The quantitative estimate of drug-likeness (QED) is 0.779. The molecule has 0 unspecified atom stereocenters. The Morgan fingerprint density at radius 1 is 0.950 bits per heavy atom. The van der Waals surface area contributed by atoms with E-state index in [1.165, 1.54) is 31.2 Å². The molecule has 0 heterocycles. The second kappa shape index (κ2) is 5.87. The average Bonchev–Trinajstić information content (AvgIpc) is 2.98. The van der Waals surface area contributed by atoms with Gasteiger partial charge >= 0.3 is 0 Å². The normalized spacial score (nSPS) is 31.6. The molecule has 3 heteroatoms. The monoisotopic (exact) mass is 312 g/mol. The van der Waals surface area contributed by atoms with Crippen LogP contribution in [0.15, 0.2) is 18.2 Å². The summed E-state index contributed by atoms with van der Waals surface area (Å²) >= 11 is 12.3. The third-order valence-electron chi connectivity index (χ3n) is 5.48. The van der Waals surface area contributed by atoms with Gasteiger partial charge in [0.05, 0.1) is 16.1 Å². The number of rotatable bonds is 2. The fourth-order valence-corrected chi connectivity index (χ4v) is 4.63. The Labute approximate surface area is 131 Å². The third kappa shape index (κ3) is 2.61. The third-order valence-corrected chi connectivity index (χ3v) is 6.22. The SMILES string of the molecule is O[C@H]1CC[C@](c2ccc(Cl)c(Cl)c2)(C2CCCC2)CC1. The van der Waals surface area contributed by atoms with Crippen molar-refractivity contribution in [2.45, 2.75) is 62.9 Å². The van der Waals surface area contributed by atoms with Gasteiger partial charge in [0.25, 0.3) is 0 Å². The summed E-state index contributed by atoms with van der Waals surface area (Å²) in [5, 5.41) is 11.2. The highest BCUT2D eigenvalue weighted by Gasteiger charge is 2.43. The van der Waals surface area contributed by atoms with E-state index in [9.17, 15) is 5.11 Å². The van der Waals surface area contributed by atoms with Crippen molar-refractivity contribution in [1.29, 1.82) is 0 Å². The molecule has 1 aromatic carbocycles. The van der Waals surface area contributed by atoms with Gasteiger partial charge in [-0.2, -0.15) is 0 Å². The van der Waals surface area contributed by atoms with Gasteiger partial charge in [-0.25, -0.2) is 0 Å². The summed E-state index contributed by atoms with van der Waals surface area (Å²) in [4.78, 5) is 0. The van der Waals surface area contributed by atoms with Crippen molar-refractivity contribution in [2.75, 3.05) is 0 Å². The van der Waals surface area contributed by atoms with E-state index in [1.807, 2.05) is 6.07 Å². The van der Waals surface area contributed by atoms with E-state index in [1.54, 1.807) is 0 Å². The van der Waals surface area contributed by atoms with Crippen molar-refractivity contribution in [3.63, 3.8) is 0 Å². The molecule has 110 valence electrons. The van der Waals surface area contributed by atoms with Crippen LogP contribution in [-0.2, 0) is 5.41 Å². The van der Waals surface area contributed by atoms with Crippen LogP contribution < -0.4 is 0 Å². The number of hydrogen-bond donors (Lipinski definition) is 1. The van der Waals surface area contributed by atoms with Crippen LogP contribution in [0.3, 0.4) is 0 Å². The molecule has 0 atom stereocenters. The zero-order chi connectivity index (χ0) is 14.2. The summed E-state index contributed by atoms with van der Waals surface area (Å²) < 4.78 is 0. The minimum atomic E-state index is -0.118. The standard InChI is InChI=1S/C17H22Cl2O/c18-15-6-5-13(11-16(15)19)17(12-3-1-2-4-12)9-7-14(20)8-10-17/h5-6,11-12,14,20H,1-4,7-10H2/t14-,17+. The Kier molecular flexibility index (Phi) is 4.31. The average molecular weight is 313 g/mol. The highest BCUT2D eigenvalue weighted by Crippen LogP contribution is 2.51. The van der Waals surface area contributed by atoms with Gasteiger partial charge in [0.1, 0.15) is 0 Å². The van der Waals surface area contributed by atoms with Crippen LogP contribution in [0.4, 0.5) is 0 Å². The summed E-state index contributed by atoms with van der Waals surface area (Å²) in [6.45, 7) is 0. The zero-order valence-electron chi connectivity index (χ0n) is 11.7. The molecular weight excluding hydrogens is 291 g/mol. The predicted octanol–water partition coefficient (Wildman–Crippen LogP) is 5.36. The summed E-state index contributed by atoms with van der Waals surface area (Å²) in [6.07, 6.45) is 9.19. The van der Waals surface area contributed by atoms with Crippen molar-refractivity contribution < 1.29 is 5.11 Å². The van der Waals surface area contributed by atoms with Gasteiger partial charge in [0.2, 0.25) is 0 Å². The second-order valence-corrected chi connectivity index (χ2v) is 7.31. The van der Waals surface area contributed by atoms with Gasteiger partial charge in [0, 0.05) is 0 Å². The highest BCUT2D eigenvalue weighted by molar-refractivity contribution is 6.42. The van der Waals surface area contributed by atoms with E-state index in [0.29, 0.717) is 10.0 Å². The molecule has 0 radical (unpaired) electrons. The van der Waals surface area contributed by atoms with Gasteiger partial charge in [-0.1, -0.05) is 42.1 Å². The predicted molar refractivity (Wildman–Crippen MR) is 84.6 cm³/mol. The van der Waals surface area contributed by atoms with Crippen molar-refractivity contribution in [3.8, 4) is 0 Å². The fourth-order valence-electron chi connectivity index (χ4n) is 4.33. The molecule has 20 heavy (non-hydrogen) atoms. The Morgan fingerprint density at radius 2 is 1.60 bits per heavy atom. The first-order valence-corrected chi connectivity index (χ1v) is 8.51. The Balaban J connectivity index is 1.97. The molecule has 0 aromatic heterocycles. The number of halogens is 2. The smallest absolute Gasteiger partial charge is 0.0595 e. The Bertz CT molecular complexity index is 472.